The van der Waals surface area contributed by atoms with Crippen molar-refractivity contribution in [1.29, 1.82) is 0 Å². The molecule has 3 rings (SSSR count). The van der Waals surface area contributed by atoms with Crippen LogP contribution in [0.3, 0.4) is 0 Å². The summed E-state index contributed by atoms with van der Waals surface area (Å²) < 4.78 is 0. The van der Waals surface area contributed by atoms with Gasteiger partial charge in [-0.05, 0) is 6.42 Å². The number of H-pyrrole nitrogens is 1. The van der Waals surface area contributed by atoms with Crippen molar-refractivity contribution >= 4 is 5.91 Å². The Kier molecular flexibility index (Phi) is 3.05. The summed E-state index contributed by atoms with van der Waals surface area (Å²) in [6.07, 6.45) is 3.23. The van der Waals surface area contributed by atoms with Crippen molar-refractivity contribution in [3.05, 3.63) is 17.7 Å². The Morgan fingerprint density at radius 2 is 2.50 bits per heavy atom. The lowest BCUT2D eigenvalue weighted by Gasteiger charge is -2.27. The van der Waals surface area contributed by atoms with Crippen molar-refractivity contribution < 1.29 is 9.90 Å². The van der Waals surface area contributed by atoms with E-state index in [1.165, 1.54) is 0 Å². The van der Waals surface area contributed by atoms with E-state index in [1.54, 1.807) is 6.33 Å². The van der Waals surface area contributed by atoms with Crippen molar-refractivity contribution in [1.82, 2.24) is 20.2 Å². The third-order valence-electron chi connectivity index (χ3n) is 3.88. The van der Waals surface area contributed by atoms with E-state index in [-0.39, 0.29) is 24.5 Å². The van der Waals surface area contributed by atoms with Crippen LogP contribution in [0.25, 0.3) is 0 Å². The second kappa shape index (κ2) is 4.70. The number of aliphatic hydroxyl groups excluding tert-OH is 1. The molecule has 6 heteroatoms. The van der Waals surface area contributed by atoms with Crippen LogP contribution in [0.1, 0.15) is 17.8 Å². The van der Waals surface area contributed by atoms with Gasteiger partial charge >= 0.3 is 0 Å². The summed E-state index contributed by atoms with van der Waals surface area (Å²) in [5.74, 6) is 0.387. The lowest BCUT2D eigenvalue weighted by atomic mass is 10.0. The maximum absolute atomic E-state index is 12.3. The first-order valence-electron chi connectivity index (χ1n) is 6.42. The summed E-state index contributed by atoms with van der Waals surface area (Å²) in [4.78, 5) is 21.5. The van der Waals surface area contributed by atoms with Gasteiger partial charge in [0.05, 0.1) is 23.8 Å². The highest BCUT2D eigenvalue weighted by Crippen LogP contribution is 2.19. The van der Waals surface area contributed by atoms with E-state index in [9.17, 15) is 4.79 Å². The van der Waals surface area contributed by atoms with Crippen molar-refractivity contribution in [3.63, 3.8) is 0 Å². The fourth-order valence-electron chi connectivity index (χ4n) is 2.75. The van der Waals surface area contributed by atoms with Crippen molar-refractivity contribution in [2.24, 2.45) is 5.92 Å². The molecular formula is C12H18N4O2. The molecule has 0 aromatic carbocycles. The second-order valence-electron chi connectivity index (χ2n) is 5.09. The number of nitrogens with zero attached hydrogens (tertiary/aromatic N) is 2. The molecule has 2 aliphatic rings. The predicted molar refractivity (Wildman–Crippen MR) is 64.7 cm³/mol. The topological polar surface area (TPSA) is 81.2 Å². The molecule has 0 saturated carbocycles. The molecule has 0 aliphatic carbocycles. The maximum atomic E-state index is 12.3. The van der Waals surface area contributed by atoms with E-state index in [0.29, 0.717) is 19.5 Å². The quantitative estimate of drug-likeness (QED) is 0.646. The van der Waals surface area contributed by atoms with Gasteiger partial charge in [-0.1, -0.05) is 0 Å². The first-order valence-corrected chi connectivity index (χ1v) is 6.42. The van der Waals surface area contributed by atoms with Crippen molar-refractivity contribution in [3.8, 4) is 0 Å². The normalized spacial score (nSPS) is 27.3. The average Bonchev–Trinajstić information content (AvgIpc) is 3.05. The Labute approximate surface area is 105 Å². The van der Waals surface area contributed by atoms with Crippen molar-refractivity contribution in [2.75, 3.05) is 19.7 Å². The smallest absolute Gasteiger partial charge is 0.240 e. The number of hydrogen-bond donors (Lipinski definition) is 3. The minimum absolute atomic E-state index is 0.139. The largest absolute Gasteiger partial charge is 0.396 e. The maximum Gasteiger partial charge on any atom is 0.240 e. The highest BCUT2D eigenvalue weighted by molar-refractivity contribution is 5.82. The predicted octanol–water partition coefficient (Wildman–Crippen LogP) is -0.735. The van der Waals surface area contributed by atoms with Crippen LogP contribution in [0.5, 0.6) is 0 Å². The summed E-state index contributed by atoms with van der Waals surface area (Å²) >= 11 is 0. The number of amides is 1. The lowest BCUT2D eigenvalue weighted by Crippen LogP contribution is -2.48. The fourth-order valence-corrected chi connectivity index (χ4v) is 2.75. The first kappa shape index (κ1) is 11.7. The Hall–Kier alpha value is -1.40. The Bertz CT molecular complexity index is 445. The third kappa shape index (κ3) is 2.02. The van der Waals surface area contributed by atoms with E-state index in [2.05, 4.69) is 15.3 Å². The van der Waals surface area contributed by atoms with Gasteiger partial charge in [0.15, 0.2) is 0 Å². The minimum Gasteiger partial charge on any atom is -0.396 e. The van der Waals surface area contributed by atoms with Crippen LogP contribution in [0.2, 0.25) is 0 Å². The molecule has 0 radical (unpaired) electrons. The fraction of sp³-hybridized carbons (Fsp3) is 0.667. The summed E-state index contributed by atoms with van der Waals surface area (Å²) in [5.41, 5.74) is 2.07. The number of fused-ring (bicyclic) bond motifs is 1. The van der Waals surface area contributed by atoms with Gasteiger partial charge < -0.3 is 15.0 Å². The Morgan fingerprint density at radius 1 is 1.61 bits per heavy atom. The number of aromatic nitrogens is 2. The summed E-state index contributed by atoms with van der Waals surface area (Å²) in [5, 5.41) is 12.4. The van der Waals surface area contributed by atoms with Gasteiger partial charge in [0.25, 0.3) is 0 Å². The number of aliphatic hydroxyl groups is 1. The zero-order valence-corrected chi connectivity index (χ0v) is 10.2. The van der Waals surface area contributed by atoms with Gasteiger partial charge in [-0.2, -0.15) is 0 Å². The van der Waals surface area contributed by atoms with Gasteiger partial charge in [-0.15, -0.1) is 0 Å². The molecule has 1 saturated heterocycles. The number of carbonyl (C=O) groups excluding carboxylic acids is 1. The van der Waals surface area contributed by atoms with Crippen LogP contribution in [0.15, 0.2) is 6.33 Å². The van der Waals surface area contributed by atoms with Gasteiger partial charge in [-0.3, -0.25) is 10.1 Å². The van der Waals surface area contributed by atoms with Gasteiger partial charge in [0, 0.05) is 38.6 Å². The Balaban J connectivity index is 1.64. The van der Waals surface area contributed by atoms with Crippen LogP contribution in [-0.2, 0) is 17.8 Å². The highest BCUT2D eigenvalue weighted by Gasteiger charge is 2.33. The number of aromatic amines is 1. The van der Waals surface area contributed by atoms with Gasteiger partial charge in [0.2, 0.25) is 5.91 Å². The molecule has 1 aromatic heterocycles. The van der Waals surface area contributed by atoms with Crippen LogP contribution >= 0.6 is 0 Å². The van der Waals surface area contributed by atoms with E-state index >= 15 is 0 Å². The SMILES string of the molecule is O=C(C1Cc2nc[nH]c2CN1)N1CCC(CO)C1. The molecule has 1 fully saturated rings. The molecule has 0 bridgehead atoms. The number of carbonyl (C=O) groups is 1. The average molecular weight is 250 g/mol. The molecule has 6 nitrogen and oxygen atoms in total. The number of nitrogens with one attached hydrogen (secondary N) is 2. The zero-order chi connectivity index (χ0) is 12.5. The molecule has 1 aromatic rings. The van der Waals surface area contributed by atoms with Crippen LogP contribution < -0.4 is 5.32 Å². The number of imidazole rings is 1. The summed E-state index contributed by atoms with van der Waals surface area (Å²) in [7, 11) is 0. The summed E-state index contributed by atoms with van der Waals surface area (Å²) in [6.45, 7) is 2.28. The lowest BCUT2D eigenvalue weighted by molar-refractivity contribution is -0.132. The number of likely N-dealkylation sites (tertiary alicyclic amines) is 1. The number of rotatable bonds is 2. The Morgan fingerprint density at radius 3 is 3.28 bits per heavy atom. The molecule has 98 valence electrons. The molecule has 1 amide bonds. The molecule has 2 atom stereocenters. The first-order chi connectivity index (χ1) is 8.78. The van der Waals surface area contributed by atoms with E-state index in [4.69, 9.17) is 5.11 Å². The van der Waals surface area contributed by atoms with E-state index < -0.39 is 0 Å². The monoisotopic (exact) mass is 250 g/mol. The minimum atomic E-state index is -0.168. The molecule has 2 aliphatic heterocycles. The number of hydrogen-bond acceptors (Lipinski definition) is 4. The molecule has 3 N–H and O–H groups in total. The molecular weight excluding hydrogens is 232 g/mol. The van der Waals surface area contributed by atoms with Crippen LogP contribution in [-0.4, -0.2) is 51.6 Å². The molecule has 3 heterocycles. The van der Waals surface area contributed by atoms with Gasteiger partial charge in [-0.25, -0.2) is 4.98 Å². The standard InChI is InChI=1S/C12H18N4O2/c17-6-8-1-2-16(5-8)12(18)10-3-9-11(4-13-10)15-7-14-9/h7-8,10,13,17H,1-6H2,(H,14,15). The van der Waals surface area contributed by atoms with E-state index in [0.717, 1.165) is 24.4 Å². The second-order valence-corrected chi connectivity index (χ2v) is 5.09. The van der Waals surface area contributed by atoms with Gasteiger partial charge in [0.1, 0.15) is 0 Å². The molecule has 2 unspecified atom stereocenters. The summed E-state index contributed by atoms with van der Waals surface area (Å²) in [6, 6.07) is -0.168. The highest BCUT2D eigenvalue weighted by atomic mass is 16.3. The van der Waals surface area contributed by atoms with Crippen molar-refractivity contribution in [2.45, 2.75) is 25.4 Å². The molecule has 0 spiro atoms. The van der Waals surface area contributed by atoms with Crippen LogP contribution in [0, 0.1) is 5.92 Å². The third-order valence-corrected chi connectivity index (χ3v) is 3.88. The zero-order valence-electron chi connectivity index (χ0n) is 10.2. The van der Waals surface area contributed by atoms with E-state index in [1.807, 2.05) is 4.90 Å². The molecule has 18 heavy (non-hydrogen) atoms. The van der Waals surface area contributed by atoms with Crippen LogP contribution in [0.4, 0.5) is 0 Å².